The van der Waals surface area contributed by atoms with Crippen LogP contribution in [0.4, 0.5) is 5.69 Å². The SMILES string of the molecule is Cc1ccc(Oc2ccccc2C(=O)OC(c2ccccc2)c2ccccc2)c(N)c1. The van der Waals surface area contributed by atoms with Gasteiger partial charge in [-0.1, -0.05) is 78.9 Å². The van der Waals surface area contributed by atoms with Crippen LogP contribution in [-0.2, 0) is 4.74 Å². The Bertz CT molecular complexity index is 1130. The summed E-state index contributed by atoms with van der Waals surface area (Å²) < 4.78 is 12.0. The summed E-state index contributed by atoms with van der Waals surface area (Å²) in [5, 5.41) is 0. The molecule has 0 heterocycles. The average Bonchev–Trinajstić information content (AvgIpc) is 2.80. The molecule has 0 radical (unpaired) electrons. The van der Waals surface area contributed by atoms with E-state index in [2.05, 4.69) is 0 Å². The lowest BCUT2D eigenvalue weighted by Crippen LogP contribution is -2.14. The maximum Gasteiger partial charge on any atom is 0.342 e. The molecule has 31 heavy (non-hydrogen) atoms. The lowest BCUT2D eigenvalue weighted by Gasteiger charge is -2.20. The van der Waals surface area contributed by atoms with Crippen LogP contribution in [0, 0.1) is 6.92 Å². The van der Waals surface area contributed by atoms with E-state index in [1.54, 1.807) is 24.3 Å². The molecule has 4 nitrogen and oxygen atoms in total. The van der Waals surface area contributed by atoms with Gasteiger partial charge in [-0.3, -0.25) is 0 Å². The van der Waals surface area contributed by atoms with Crippen LogP contribution < -0.4 is 10.5 Å². The van der Waals surface area contributed by atoms with Crippen LogP contribution in [0.5, 0.6) is 11.5 Å². The van der Waals surface area contributed by atoms with E-state index in [0.717, 1.165) is 16.7 Å². The van der Waals surface area contributed by atoms with E-state index in [1.165, 1.54) is 0 Å². The number of ether oxygens (including phenoxy) is 2. The highest BCUT2D eigenvalue weighted by Gasteiger charge is 2.22. The minimum absolute atomic E-state index is 0.333. The molecule has 0 saturated carbocycles. The largest absolute Gasteiger partial charge is 0.454 e. The fraction of sp³-hybridized carbons (Fsp3) is 0.0741. The van der Waals surface area contributed by atoms with Crippen LogP contribution in [0.3, 0.4) is 0 Å². The topological polar surface area (TPSA) is 61.5 Å². The molecule has 0 amide bonds. The van der Waals surface area contributed by atoms with Crippen LogP contribution in [0.1, 0.15) is 33.2 Å². The number of benzene rings is 4. The number of hydrogen-bond acceptors (Lipinski definition) is 4. The number of esters is 1. The third-order valence-corrected chi connectivity index (χ3v) is 4.92. The number of hydrogen-bond donors (Lipinski definition) is 1. The first-order valence-corrected chi connectivity index (χ1v) is 10.1. The van der Waals surface area contributed by atoms with Gasteiger partial charge in [-0.2, -0.15) is 0 Å². The smallest absolute Gasteiger partial charge is 0.342 e. The molecular formula is C27H23NO3. The van der Waals surface area contributed by atoms with Gasteiger partial charge in [0.2, 0.25) is 0 Å². The second-order valence-corrected chi connectivity index (χ2v) is 7.25. The minimum Gasteiger partial charge on any atom is -0.454 e. The number of carbonyl (C=O) groups excluding carboxylic acids is 1. The van der Waals surface area contributed by atoms with Crippen LogP contribution in [0.25, 0.3) is 0 Å². The molecule has 0 unspecified atom stereocenters. The van der Waals surface area contributed by atoms with Crippen molar-refractivity contribution >= 4 is 11.7 Å². The Morgan fingerprint density at radius 1 is 0.742 bits per heavy atom. The molecule has 2 N–H and O–H groups in total. The molecule has 4 heteroatoms. The van der Waals surface area contributed by atoms with Crippen molar-refractivity contribution in [2.24, 2.45) is 0 Å². The van der Waals surface area contributed by atoms with E-state index in [1.807, 2.05) is 85.8 Å². The first-order chi connectivity index (χ1) is 15.1. The molecule has 0 aliphatic heterocycles. The standard InChI is InChI=1S/C27H23NO3/c1-19-16-17-25(23(28)18-19)30-24-15-9-8-14-22(24)27(29)31-26(20-10-4-2-5-11-20)21-12-6-3-7-13-21/h2-18,26H,28H2,1H3. The van der Waals surface area contributed by atoms with Gasteiger partial charge in [-0.05, 0) is 47.9 Å². The van der Waals surface area contributed by atoms with Crippen molar-refractivity contribution in [2.75, 3.05) is 5.73 Å². The highest BCUT2D eigenvalue weighted by molar-refractivity contribution is 5.93. The number of aryl methyl sites for hydroxylation is 1. The molecule has 0 saturated heterocycles. The number of anilines is 1. The predicted molar refractivity (Wildman–Crippen MR) is 122 cm³/mol. The summed E-state index contributed by atoms with van der Waals surface area (Å²) in [7, 11) is 0. The fourth-order valence-corrected chi connectivity index (χ4v) is 3.36. The molecule has 0 atom stereocenters. The lowest BCUT2D eigenvalue weighted by atomic mass is 10.0. The van der Waals surface area contributed by atoms with Gasteiger partial charge in [-0.25, -0.2) is 4.79 Å². The molecule has 0 fully saturated rings. The van der Waals surface area contributed by atoms with Gasteiger partial charge in [0.05, 0.1) is 5.69 Å². The van der Waals surface area contributed by atoms with Crippen LogP contribution in [0.2, 0.25) is 0 Å². The molecule has 4 aromatic rings. The summed E-state index contributed by atoms with van der Waals surface area (Å²) in [6.07, 6.45) is -0.535. The minimum atomic E-state index is -0.535. The van der Waals surface area contributed by atoms with E-state index < -0.39 is 12.1 Å². The van der Waals surface area contributed by atoms with E-state index >= 15 is 0 Å². The molecule has 4 aromatic carbocycles. The zero-order chi connectivity index (χ0) is 21.6. The first-order valence-electron chi connectivity index (χ1n) is 10.1. The van der Waals surface area contributed by atoms with E-state index in [9.17, 15) is 4.79 Å². The van der Waals surface area contributed by atoms with Crippen molar-refractivity contribution in [2.45, 2.75) is 13.0 Å². The zero-order valence-corrected chi connectivity index (χ0v) is 17.2. The third kappa shape index (κ3) is 4.75. The van der Waals surface area contributed by atoms with Crippen LogP contribution >= 0.6 is 0 Å². The highest BCUT2D eigenvalue weighted by Crippen LogP contribution is 2.33. The maximum absolute atomic E-state index is 13.2. The monoisotopic (exact) mass is 409 g/mol. The summed E-state index contributed by atoms with van der Waals surface area (Å²) in [6, 6.07) is 31.9. The van der Waals surface area contributed by atoms with E-state index in [4.69, 9.17) is 15.2 Å². The van der Waals surface area contributed by atoms with Gasteiger partial charge in [0.1, 0.15) is 17.1 Å². The van der Waals surface area contributed by atoms with Crippen LogP contribution in [-0.4, -0.2) is 5.97 Å². The van der Waals surface area contributed by atoms with Gasteiger partial charge in [0, 0.05) is 0 Å². The van der Waals surface area contributed by atoms with E-state index in [-0.39, 0.29) is 0 Å². The molecule has 0 aromatic heterocycles. The van der Waals surface area contributed by atoms with Gasteiger partial charge in [0.15, 0.2) is 6.10 Å². The first kappa shape index (κ1) is 20.2. The summed E-state index contributed by atoms with van der Waals surface area (Å²) in [6.45, 7) is 1.96. The highest BCUT2D eigenvalue weighted by atomic mass is 16.5. The summed E-state index contributed by atoms with van der Waals surface area (Å²) >= 11 is 0. The second-order valence-electron chi connectivity index (χ2n) is 7.25. The Morgan fingerprint density at radius 2 is 1.32 bits per heavy atom. The average molecular weight is 409 g/mol. The van der Waals surface area contributed by atoms with Crippen LogP contribution in [0.15, 0.2) is 103 Å². The van der Waals surface area contributed by atoms with Crippen molar-refractivity contribution in [1.29, 1.82) is 0 Å². The van der Waals surface area contributed by atoms with Crippen molar-refractivity contribution in [3.63, 3.8) is 0 Å². The van der Waals surface area contributed by atoms with E-state index in [0.29, 0.717) is 22.7 Å². The van der Waals surface area contributed by atoms with Gasteiger partial charge >= 0.3 is 5.97 Å². The van der Waals surface area contributed by atoms with Crippen molar-refractivity contribution < 1.29 is 14.3 Å². The Balaban J connectivity index is 1.64. The normalized spacial score (nSPS) is 10.6. The molecule has 4 rings (SSSR count). The number of rotatable bonds is 6. The molecular weight excluding hydrogens is 386 g/mol. The summed E-state index contributed by atoms with van der Waals surface area (Å²) in [5.41, 5.74) is 9.75. The molecule has 154 valence electrons. The maximum atomic E-state index is 13.2. The second kappa shape index (κ2) is 9.18. The number of para-hydroxylation sites is 1. The Morgan fingerprint density at radius 3 is 1.94 bits per heavy atom. The fourth-order valence-electron chi connectivity index (χ4n) is 3.36. The molecule has 0 aliphatic rings. The van der Waals surface area contributed by atoms with Gasteiger partial charge in [-0.15, -0.1) is 0 Å². The Kier molecular flexibility index (Phi) is 5.99. The van der Waals surface area contributed by atoms with Crippen molar-refractivity contribution in [1.82, 2.24) is 0 Å². The summed E-state index contributed by atoms with van der Waals surface area (Å²) in [5.74, 6) is 0.412. The Labute approximate surface area is 181 Å². The lowest BCUT2D eigenvalue weighted by molar-refractivity contribution is 0.0375. The van der Waals surface area contributed by atoms with Crippen molar-refractivity contribution in [3.05, 3.63) is 125 Å². The van der Waals surface area contributed by atoms with Gasteiger partial charge < -0.3 is 15.2 Å². The number of nitrogens with two attached hydrogens (primary N) is 1. The number of carbonyl (C=O) groups is 1. The van der Waals surface area contributed by atoms with Crippen molar-refractivity contribution in [3.8, 4) is 11.5 Å². The molecule has 0 aliphatic carbocycles. The zero-order valence-electron chi connectivity index (χ0n) is 17.2. The number of nitrogen functional groups attached to an aromatic ring is 1. The van der Waals surface area contributed by atoms with Gasteiger partial charge in [0.25, 0.3) is 0 Å². The third-order valence-electron chi connectivity index (χ3n) is 4.92. The molecule has 0 spiro atoms. The molecule has 0 bridgehead atoms. The Hall–Kier alpha value is -4.05. The quantitative estimate of drug-likeness (QED) is 0.299. The predicted octanol–water partition coefficient (Wildman–Crippen LogP) is 6.32. The summed E-state index contributed by atoms with van der Waals surface area (Å²) in [4.78, 5) is 13.2.